The Bertz CT molecular complexity index is 910. The number of nitrogens with zero attached hydrogens (tertiary/aromatic N) is 2. The number of carboxylic acid groups (broad SMARTS) is 1. The van der Waals surface area contributed by atoms with Gasteiger partial charge in [-0.1, -0.05) is 0 Å². The van der Waals surface area contributed by atoms with Crippen molar-refractivity contribution in [3.05, 3.63) is 42.5 Å². The average molecular weight is 420 g/mol. The predicted octanol–water partition coefficient (Wildman–Crippen LogP) is 5.08. The van der Waals surface area contributed by atoms with Crippen LogP contribution in [0.4, 0.5) is 13.2 Å². The smallest absolute Gasteiger partial charge is 0.391 e. The van der Waals surface area contributed by atoms with Gasteiger partial charge in [-0.05, 0) is 61.8 Å². The number of alkyl halides is 3. The van der Waals surface area contributed by atoms with E-state index in [9.17, 15) is 18.0 Å². The van der Waals surface area contributed by atoms with Crippen LogP contribution in [0.3, 0.4) is 0 Å². The molecule has 2 atom stereocenters. The third-order valence-electron chi connectivity index (χ3n) is 6.11. The summed E-state index contributed by atoms with van der Waals surface area (Å²) in [7, 11) is 0. The van der Waals surface area contributed by atoms with Crippen LogP contribution in [0.5, 0.6) is 5.75 Å². The minimum atomic E-state index is -4.10. The van der Waals surface area contributed by atoms with Crippen LogP contribution in [0.15, 0.2) is 36.8 Å². The van der Waals surface area contributed by atoms with Gasteiger partial charge in [-0.2, -0.15) is 13.2 Å². The molecule has 5 nitrogen and oxygen atoms in total. The Morgan fingerprint density at radius 1 is 1.13 bits per heavy atom. The van der Waals surface area contributed by atoms with Crippen molar-refractivity contribution in [1.82, 2.24) is 9.97 Å². The van der Waals surface area contributed by atoms with Crippen molar-refractivity contribution >= 4 is 5.97 Å². The quantitative estimate of drug-likeness (QED) is 0.706. The summed E-state index contributed by atoms with van der Waals surface area (Å²) in [6, 6.07) is 5.56. The molecule has 0 radical (unpaired) electrons. The first-order chi connectivity index (χ1) is 14.3. The van der Waals surface area contributed by atoms with Crippen LogP contribution in [0, 0.1) is 17.8 Å². The molecule has 0 bridgehead atoms. The van der Waals surface area contributed by atoms with E-state index in [0.29, 0.717) is 31.6 Å². The SMILES string of the molecule is O=C(O)C1CC1c1cc(-c2cncc(OC[C@H]3CC[C@H](C(F)(F)F)CC3)c2)ccn1. The highest BCUT2D eigenvalue weighted by atomic mass is 19.4. The Morgan fingerprint density at radius 2 is 1.90 bits per heavy atom. The third-order valence-corrected chi connectivity index (χ3v) is 6.11. The molecule has 8 heteroatoms. The third kappa shape index (κ3) is 4.74. The van der Waals surface area contributed by atoms with Crippen LogP contribution in [-0.4, -0.2) is 33.8 Å². The summed E-state index contributed by atoms with van der Waals surface area (Å²) in [5.74, 6) is -1.73. The number of aromatic nitrogens is 2. The molecule has 2 aliphatic carbocycles. The number of hydrogen-bond donors (Lipinski definition) is 1. The first kappa shape index (κ1) is 20.6. The maximum Gasteiger partial charge on any atom is 0.391 e. The summed E-state index contributed by atoms with van der Waals surface area (Å²) in [6.45, 7) is 0.375. The van der Waals surface area contributed by atoms with E-state index < -0.39 is 18.1 Å². The number of rotatable bonds is 6. The molecule has 0 spiro atoms. The second-order valence-corrected chi connectivity index (χ2v) is 8.24. The lowest BCUT2D eigenvalue weighted by atomic mass is 9.82. The van der Waals surface area contributed by atoms with Gasteiger partial charge in [-0.15, -0.1) is 0 Å². The fourth-order valence-corrected chi connectivity index (χ4v) is 4.15. The molecule has 0 saturated heterocycles. The molecule has 2 aromatic heterocycles. The summed E-state index contributed by atoms with van der Waals surface area (Å²) >= 11 is 0. The predicted molar refractivity (Wildman–Crippen MR) is 103 cm³/mol. The van der Waals surface area contributed by atoms with Gasteiger partial charge >= 0.3 is 12.1 Å². The molecule has 0 amide bonds. The molecule has 160 valence electrons. The van der Waals surface area contributed by atoms with E-state index >= 15 is 0 Å². The zero-order valence-electron chi connectivity index (χ0n) is 16.3. The van der Waals surface area contributed by atoms with E-state index in [1.165, 1.54) is 0 Å². The molecule has 2 saturated carbocycles. The van der Waals surface area contributed by atoms with Crippen LogP contribution in [0.25, 0.3) is 11.1 Å². The highest BCUT2D eigenvalue weighted by molar-refractivity contribution is 5.75. The summed E-state index contributed by atoms with van der Waals surface area (Å²) < 4.78 is 44.2. The monoisotopic (exact) mass is 420 g/mol. The molecular weight excluding hydrogens is 397 g/mol. The number of carbonyl (C=O) groups is 1. The van der Waals surface area contributed by atoms with Crippen molar-refractivity contribution in [2.45, 2.75) is 44.2 Å². The molecule has 4 rings (SSSR count). The molecule has 2 fully saturated rings. The number of pyridine rings is 2. The van der Waals surface area contributed by atoms with Crippen LogP contribution in [-0.2, 0) is 4.79 Å². The van der Waals surface area contributed by atoms with E-state index in [1.54, 1.807) is 18.6 Å². The van der Waals surface area contributed by atoms with Crippen LogP contribution >= 0.6 is 0 Å². The second kappa shape index (κ2) is 8.24. The first-order valence-electron chi connectivity index (χ1n) is 10.1. The standard InChI is InChI=1S/C22H23F3N2O3/c23-22(24,25)16-3-1-13(2-4-16)12-30-17-7-15(10-26-11-17)14-5-6-27-20(8-14)18-9-19(18)21(28)29/h5-8,10-11,13,16,18-19H,1-4,9,12H2,(H,28,29)/t13-,16-,18?,19?. The van der Waals surface area contributed by atoms with E-state index in [-0.39, 0.29) is 30.6 Å². The maximum atomic E-state index is 12.8. The highest BCUT2D eigenvalue weighted by Gasteiger charge is 2.45. The lowest BCUT2D eigenvalue weighted by Gasteiger charge is -2.29. The average Bonchev–Trinajstić information content (AvgIpc) is 3.54. The van der Waals surface area contributed by atoms with Gasteiger partial charge in [0.1, 0.15) is 5.75 Å². The Balaban J connectivity index is 1.36. The highest BCUT2D eigenvalue weighted by Crippen LogP contribution is 2.47. The van der Waals surface area contributed by atoms with Gasteiger partial charge in [0, 0.05) is 29.6 Å². The van der Waals surface area contributed by atoms with E-state index in [2.05, 4.69) is 9.97 Å². The van der Waals surface area contributed by atoms with Crippen LogP contribution in [0.1, 0.15) is 43.7 Å². The van der Waals surface area contributed by atoms with Gasteiger partial charge in [0.05, 0.1) is 24.6 Å². The van der Waals surface area contributed by atoms with Gasteiger partial charge in [-0.3, -0.25) is 14.8 Å². The van der Waals surface area contributed by atoms with E-state index in [4.69, 9.17) is 9.84 Å². The Hall–Kier alpha value is -2.64. The van der Waals surface area contributed by atoms with Gasteiger partial charge < -0.3 is 9.84 Å². The lowest BCUT2D eigenvalue weighted by molar-refractivity contribution is -0.184. The van der Waals surface area contributed by atoms with Crippen molar-refractivity contribution in [2.75, 3.05) is 6.61 Å². The van der Waals surface area contributed by atoms with E-state index in [0.717, 1.165) is 16.8 Å². The van der Waals surface area contributed by atoms with Gasteiger partial charge in [0.25, 0.3) is 0 Å². The number of aliphatic carboxylic acids is 1. The number of carboxylic acids is 1. The minimum absolute atomic E-state index is 0.0540. The Kier molecular flexibility index (Phi) is 5.66. The first-order valence-corrected chi connectivity index (χ1v) is 10.1. The number of halogens is 3. The van der Waals surface area contributed by atoms with Gasteiger partial charge in [-0.25, -0.2) is 0 Å². The molecule has 1 N–H and O–H groups in total. The van der Waals surface area contributed by atoms with Crippen molar-refractivity contribution < 1.29 is 27.8 Å². The molecular formula is C22H23F3N2O3. The Labute approximate surface area is 172 Å². The van der Waals surface area contributed by atoms with Crippen molar-refractivity contribution in [1.29, 1.82) is 0 Å². The molecule has 0 aliphatic heterocycles. The van der Waals surface area contributed by atoms with Crippen LogP contribution in [0.2, 0.25) is 0 Å². The molecule has 30 heavy (non-hydrogen) atoms. The minimum Gasteiger partial charge on any atom is -0.492 e. The molecule has 2 unspecified atom stereocenters. The summed E-state index contributed by atoms with van der Waals surface area (Å²) in [5.41, 5.74) is 2.46. The fraction of sp³-hybridized carbons (Fsp3) is 0.500. The van der Waals surface area contributed by atoms with Crippen molar-refractivity contribution in [3.63, 3.8) is 0 Å². The normalized spacial score (nSPS) is 26.2. The second-order valence-electron chi connectivity index (χ2n) is 8.24. The topological polar surface area (TPSA) is 72.3 Å². The summed E-state index contributed by atoms with van der Waals surface area (Å²) in [5, 5.41) is 9.12. The number of hydrogen-bond acceptors (Lipinski definition) is 4. The largest absolute Gasteiger partial charge is 0.492 e. The van der Waals surface area contributed by atoms with E-state index in [1.807, 2.05) is 18.2 Å². The summed E-state index contributed by atoms with van der Waals surface area (Å²) in [4.78, 5) is 19.6. The summed E-state index contributed by atoms with van der Waals surface area (Å²) in [6.07, 6.45) is 2.80. The zero-order valence-corrected chi connectivity index (χ0v) is 16.3. The van der Waals surface area contributed by atoms with Crippen molar-refractivity contribution in [2.24, 2.45) is 17.8 Å². The van der Waals surface area contributed by atoms with Gasteiger partial charge in [0.2, 0.25) is 0 Å². The lowest BCUT2D eigenvalue weighted by Crippen LogP contribution is -2.29. The van der Waals surface area contributed by atoms with Crippen LogP contribution < -0.4 is 4.74 Å². The molecule has 2 heterocycles. The van der Waals surface area contributed by atoms with Gasteiger partial charge in [0.15, 0.2) is 0 Å². The fourth-order valence-electron chi connectivity index (χ4n) is 4.15. The van der Waals surface area contributed by atoms with Crippen molar-refractivity contribution in [3.8, 4) is 16.9 Å². The molecule has 2 aromatic rings. The Morgan fingerprint density at radius 3 is 2.57 bits per heavy atom. The molecule has 0 aromatic carbocycles. The maximum absolute atomic E-state index is 12.8. The molecule has 2 aliphatic rings. The zero-order chi connectivity index (χ0) is 21.3. The number of ether oxygens (including phenoxy) is 1.